The Bertz CT molecular complexity index is 931. The minimum absolute atomic E-state index is 0.228. The number of nitrogens with two attached hydrogens (primary N) is 1. The number of hydrogen-bond donors (Lipinski definition) is 3. The van der Waals surface area contributed by atoms with Crippen molar-refractivity contribution in [1.29, 1.82) is 5.41 Å². The van der Waals surface area contributed by atoms with E-state index in [1.54, 1.807) is 36.4 Å². The number of aromatic amines is 1. The number of nitrogens with zero attached hydrogens (tertiary/aromatic N) is 2. The molecule has 0 radical (unpaired) electrons. The van der Waals surface area contributed by atoms with E-state index < -0.39 is 0 Å². The van der Waals surface area contributed by atoms with Crippen LogP contribution in [0.2, 0.25) is 0 Å². The number of nitrogens with one attached hydrogen (secondary N) is 2. The Morgan fingerprint density at radius 3 is 2.62 bits per heavy atom. The van der Waals surface area contributed by atoms with Gasteiger partial charge in [0.1, 0.15) is 11.6 Å². The number of allylic oxidation sites excluding steroid dienone is 1. The van der Waals surface area contributed by atoms with Crippen molar-refractivity contribution < 1.29 is 8.78 Å². The predicted octanol–water partition coefficient (Wildman–Crippen LogP) is 4.17. The van der Waals surface area contributed by atoms with E-state index in [4.69, 9.17) is 11.1 Å². The van der Waals surface area contributed by atoms with Gasteiger partial charge in [-0.15, -0.1) is 0 Å². The monoisotopic (exact) mass is 355 g/mol. The second-order valence-corrected chi connectivity index (χ2v) is 5.35. The van der Waals surface area contributed by atoms with Gasteiger partial charge >= 0.3 is 0 Å². The Balaban J connectivity index is 0.00000117. The number of nitrogen functional groups attached to an aromatic ring is 1. The molecule has 7 heteroatoms. The molecule has 0 amide bonds. The first-order valence-electron chi connectivity index (χ1n) is 7.72. The molecule has 0 atom stereocenters. The van der Waals surface area contributed by atoms with Crippen LogP contribution in [0, 0.1) is 18.2 Å². The highest BCUT2D eigenvalue weighted by Crippen LogP contribution is 2.22. The van der Waals surface area contributed by atoms with Gasteiger partial charge in [0.25, 0.3) is 0 Å². The minimum atomic E-state index is -0.315. The van der Waals surface area contributed by atoms with Crippen molar-refractivity contribution in [2.24, 2.45) is 0 Å². The first-order valence-corrected chi connectivity index (χ1v) is 7.72. The highest BCUT2D eigenvalue weighted by atomic mass is 19.1. The van der Waals surface area contributed by atoms with Crippen LogP contribution in [0.15, 0.2) is 48.5 Å². The molecule has 0 aliphatic heterocycles. The van der Waals surface area contributed by atoms with Crippen molar-refractivity contribution in [2.45, 2.75) is 6.92 Å². The predicted molar refractivity (Wildman–Crippen MR) is 100 cm³/mol. The Labute approximate surface area is 150 Å². The smallest absolute Gasteiger partial charge is 0.181 e. The highest BCUT2D eigenvalue weighted by Gasteiger charge is 2.09. The molecule has 2 aromatic carbocycles. The van der Waals surface area contributed by atoms with Crippen LogP contribution in [0.25, 0.3) is 17.5 Å². The van der Waals surface area contributed by atoms with Gasteiger partial charge in [0, 0.05) is 16.8 Å². The molecule has 1 heterocycles. The molecule has 0 aliphatic carbocycles. The van der Waals surface area contributed by atoms with Gasteiger partial charge in [-0.2, -0.15) is 5.10 Å². The normalized spacial score (nSPS) is 10.5. The molecule has 1 aromatic heterocycles. The number of hydrogen-bond acceptors (Lipinski definition) is 4. The molecule has 0 saturated heterocycles. The molecule has 5 nitrogen and oxygen atoms in total. The summed E-state index contributed by atoms with van der Waals surface area (Å²) in [5.41, 5.74) is 8.72. The zero-order valence-corrected chi connectivity index (χ0v) is 14.4. The van der Waals surface area contributed by atoms with Crippen molar-refractivity contribution in [3.05, 3.63) is 71.3 Å². The molecule has 134 valence electrons. The number of halogens is 2. The summed E-state index contributed by atoms with van der Waals surface area (Å²) in [5.74, 6) is 0.949. The van der Waals surface area contributed by atoms with E-state index in [0.717, 1.165) is 5.56 Å². The Hall–Kier alpha value is -3.35. The number of H-pyrrole nitrogens is 1. The van der Waals surface area contributed by atoms with E-state index in [2.05, 4.69) is 15.2 Å². The van der Waals surface area contributed by atoms with Gasteiger partial charge in [-0.3, -0.25) is 9.49 Å². The van der Waals surface area contributed by atoms with Crippen molar-refractivity contribution >= 4 is 17.5 Å². The Kier molecular flexibility index (Phi) is 6.32. The molecular formula is C19H19F2N5. The highest BCUT2D eigenvalue weighted by molar-refractivity contribution is 6.12. The molecular weight excluding hydrogens is 336 g/mol. The van der Waals surface area contributed by atoms with Gasteiger partial charge in [-0.25, -0.2) is 9.37 Å². The van der Waals surface area contributed by atoms with Crippen molar-refractivity contribution in [3.8, 4) is 11.4 Å². The van der Waals surface area contributed by atoms with Gasteiger partial charge in [0.15, 0.2) is 5.82 Å². The third kappa shape index (κ3) is 4.60. The maximum absolute atomic E-state index is 13.2. The van der Waals surface area contributed by atoms with Crippen molar-refractivity contribution in [2.75, 3.05) is 12.9 Å². The molecule has 0 unspecified atom stereocenters. The van der Waals surface area contributed by atoms with Gasteiger partial charge < -0.3 is 11.1 Å². The molecule has 26 heavy (non-hydrogen) atoms. The lowest BCUT2D eigenvalue weighted by atomic mass is 10.0. The number of aromatic nitrogens is 3. The van der Waals surface area contributed by atoms with E-state index in [9.17, 15) is 8.78 Å². The lowest BCUT2D eigenvalue weighted by Crippen LogP contribution is -2.01. The summed E-state index contributed by atoms with van der Waals surface area (Å²) in [7, 11) is 0.500. The summed E-state index contributed by atoms with van der Waals surface area (Å²) in [6, 6.07) is 11.5. The van der Waals surface area contributed by atoms with Crippen LogP contribution in [-0.2, 0) is 0 Å². The average molecular weight is 355 g/mol. The third-order valence-corrected chi connectivity index (χ3v) is 3.49. The number of benzene rings is 2. The van der Waals surface area contributed by atoms with Crippen LogP contribution in [0.5, 0.6) is 0 Å². The molecule has 3 aromatic rings. The molecule has 0 saturated carbocycles. The summed E-state index contributed by atoms with van der Waals surface area (Å²) in [6.07, 6.45) is 3.27. The van der Waals surface area contributed by atoms with Crippen LogP contribution in [-0.4, -0.2) is 28.1 Å². The van der Waals surface area contributed by atoms with Crippen LogP contribution in [0.4, 0.5) is 14.5 Å². The van der Waals surface area contributed by atoms with E-state index >= 15 is 0 Å². The number of rotatable bonds is 4. The Morgan fingerprint density at radius 1 is 1.19 bits per heavy atom. The minimum Gasteiger partial charge on any atom is -0.398 e. The van der Waals surface area contributed by atoms with Crippen LogP contribution >= 0.6 is 0 Å². The van der Waals surface area contributed by atoms with Gasteiger partial charge in [0.2, 0.25) is 0 Å². The lowest BCUT2D eigenvalue weighted by Gasteiger charge is -2.06. The van der Waals surface area contributed by atoms with E-state index in [0.29, 0.717) is 35.6 Å². The second kappa shape index (κ2) is 8.66. The first kappa shape index (κ1) is 19.0. The number of alkyl halides is 1. The molecule has 0 fully saturated rings. The quantitative estimate of drug-likeness (QED) is 0.484. The van der Waals surface area contributed by atoms with Crippen LogP contribution < -0.4 is 5.73 Å². The Morgan fingerprint density at radius 2 is 1.96 bits per heavy atom. The second-order valence-electron chi connectivity index (χ2n) is 5.35. The number of aryl methyl sites for hydroxylation is 1. The van der Waals surface area contributed by atoms with Gasteiger partial charge in [0.05, 0.1) is 12.9 Å². The van der Waals surface area contributed by atoms with E-state index in [1.807, 2.05) is 13.0 Å². The molecule has 0 bridgehead atoms. The third-order valence-electron chi connectivity index (χ3n) is 3.49. The average Bonchev–Trinajstić information content (AvgIpc) is 3.08. The summed E-state index contributed by atoms with van der Waals surface area (Å²) in [4.78, 5) is 4.28. The largest absolute Gasteiger partial charge is 0.398 e. The summed E-state index contributed by atoms with van der Waals surface area (Å²) < 4.78 is 22.7. The molecule has 0 aliphatic rings. The summed E-state index contributed by atoms with van der Waals surface area (Å²) >= 11 is 0. The molecule has 0 spiro atoms. The molecule has 4 N–H and O–H groups in total. The fraction of sp³-hybridized carbons (Fsp3) is 0.105. The molecule has 3 rings (SSSR count). The maximum Gasteiger partial charge on any atom is 0.181 e. The SMILES string of the molecule is CF.Cc1nc(-c2ccc(N)c(C(=N)/C=C/c3cccc(F)c3)c2)n[nH]1. The van der Waals surface area contributed by atoms with E-state index in [1.165, 1.54) is 12.1 Å². The maximum atomic E-state index is 13.2. The summed E-state index contributed by atoms with van der Waals surface area (Å²) in [6.45, 7) is 1.82. The van der Waals surface area contributed by atoms with E-state index in [-0.39, 0.29) is 11.5 Å². The fourth-order valence-electron chi connectivity index (χ4n) is 2.28. The first-order chi connectivity index (χ1) is 12.5. The van der Waals surface area contributed by atoms with Crippen molar-refractivity contribution in [1.82, 2.24) is 15.2 Å². The lowest BCUT2D eigenvalue weighted by molar-refractivity contribution is 0.627. The zero-order valence-electron chi connectivity index (χ0n) is 14.4. The number of anilines is 1. The fourth-order valence-corrected chi connectivity index (χ4v) is 2.28. The van der Waals surface area contributed by atoms with Gasteiger partial charge in [-0.1, -0.05) is 18.2 Å². The van der Waals surface area contributed by atoms with Crippen molar-refractivity contribution in [3.63, 3.8) is 0 Å². The van der Waals surface area contributed by atoms with Crippen LogP contribution in [0.3, 0.4) is 0 Å². The summed E-state index contributed by atoms with van der Waals surface area (Å²) in [5, 5.41) is 15.1. The van der Waals surface area contributed by atoms with Gasteiger partial charge in [-0.05, 0) is 48.9 Å². The topological polar surface area (TPSA) is 91.4 Å². The van der Waals surface area contributed by atoms with Crippen LogP contribution in [0.1, 0.15) is 17.0 Å². The standard InChI is InChI=1S/C18H16FN5.CH3F/c1-11-22-18(24-23-11)13-6-8-17(21)15(10-13)16(20)7-5-12-3-2-4-14(19)9-12;1-2/h2-10,20H,21H2,1H3,(H,22,23,24);1H3/b7-5+,20-16?;. The zero-order chi connectivity index (χ0) is 19.1.